The summed E-state index contributed by atoms with van der Waals surface area (Å²) in [6, 6.07) is 10.8. The number of nitrogens with one attached hydrogen (secondary N) is 2. The molecule has 0 saturated heterocycles. The zero-order valence-electron chi connectivity index (χ0n) is 27.2. The lowest BCUT2D eigenvalue weighted by molar-refractivity contribution is -0.121. The molecule has 49 heavy (non-hydrogen) atoms. The minimum absolute atomic E-state index is 0.00778. The number of allylic oxidation sites excluding steroid dienone is 1. The van der Waals surface area contributed by atoms with Gasteiger partial charge in [-0.15, -0.1) is 0 Å². The molecule has 256 valence electrons. The molecule has 1 aliphatic carbocycles. The first-order valence-corrected chi connectivity index (χ1v) is 15.9. The van der Waals surface area contributed by atoms with E-state index in [0.717, 1.165) is 16.5 Å². The first-order chi connectivity index (χ1) is 23.4. The van der Waals surface area contributed by atoms with Crippen LogP contribution in [0.2, 0.25) is 5.02 Å². The summed E-state index contributed by atoms with van der Waals surface area (Å²) < 4.78 is 22.4. The Labute approximate surface area is 286 Å². The van der Waals surface area contributed by atoms with Crippen molar-refractivity contribution in [1.82, 2.24) is 10.3 Å². The van der Waals surface area contributed by atoms with E-state index < -0.39 is 40.7 Å². The maximum atomic E-state index is 14.3. The number of carbonyl (C=O) groups excluding carboxylic acids is 3. The third-order valence-electron chi connectivity index (χ3n) is 9.32. The summed E-state index contributed by atoms with van der Waals surface area (Å²) in [6.45, 7) is 1.84. The number of Topliss-reactive ketones (excluding diaryl/α,β-unsaturated/α-hetero) is 2. The number of fused-ring (bicyclic) bond motifs is 2. The second kappa shape index (κ2) is 12.9. The molecule has 12 nitrogen and oxygen atoms in total. The fourth-order valence-electron chi connectivity index (χ4n) is 6.80. The Balaban J connectivity index is 1.38. The number of methoxy groups -OCH3 is 3. The molecule has 1 spiro atoms. The lowest BCUT2D eigenvalue weighted by Gasteiger charge is -2.38. The molecule has 3 aromatic carbocycles. The number of benzene rings is 3. The molecular formula is C36H35ClN2O10. The number of ether oxygens (including phenoxy) is 4. The van der Waals surface area contributed by atoms with Gasteiger partial charge in [0.05, 0.1) is 21.3 Å². The van der Waals surface area contributed by atoms with E-state index in [-0.39, 0.29) is 70.0 Å². The number of phenols is 2. The monoisotopic (exact) mass is 690 g/mol. The summed E-state index contributed by atoms with van der Waals surface area (Å²) in [5, 5.41) is 36.0. The van der Waals surface area contributed by atoms with Crippen LogP contribution in [-0.2, 0) is 16.0 Å². The van der Waals surface area contributed by atoms with E-state index in [1.165, 1.54) is 45.6 Å². The summed E-state index contributed by atoms with van der Waals surface area (Å²) in [7, 11) is 4.12. The van der Waals surface area contributed by atoms with Gasteiger partial charge in [-0.3, -0.25) is 14.4 Å². The maximum Gasteiger partial charge on any atom is 0.231 e. The van der Waals surface area contributed by atoms with Crippen molar-refractivity contribution in [2.24, 2.45) is 5.92 Å². The number of aromatic hydroxyl groups is 2. The van der Waals surface area contributed by atoms with Crippen LogP contribution in [0.4, 0.5) is 0 Å². The van der Waals surface area contributed by atoms with E-state index in [2.05, 4.69) is 10.3 Å². The highest BCUT2D eigenvalue weighted by Crippen LogP contribution is 2.56. The second-order valence-electron chi connectivity index (χ2n) is 12.1. The van der Waals surface area contributed by atoms with E-state index in [1.54, 1.807) is 31.3 Å². The van der Waals surface area contributed by atoms with Crippen molar-refractivity contribution < 1.29 is 48.7 Å². The lowest BCUT2D eigenvalue weighted by atomic mass is 9.69. The minimum Gasteiger partial charge on any atom is -0.508 e. The van der Waals surface area contributed by atoms with Crippen LogP contribution in [0.5, 0.6) is 34.5 Å². The van der Waals surface area contributed by atoms with Crippen LogP contribution in [-0.4, -0.2) is 71.3 Å². The van der Waals surface area contributed by atoms with Crippen LogP contribution >= 0.6 is 11.6 Å². The fraction of sp³-hybridized carbons (Fsp3) is 0.306. The number of halogens is 1. The molecule has 2 aliphatic rings. The number of H-pyrrole nitrogens is 1. The standard InChI is InChI=1S/C36H35ClN2O10/c1-17-11-25(42)30(34(44)36(17)35(45)31-27(47-3)15-28(48-4)32(37)33(31)49-36)22(18-5-8-24(41)26(12-18)46-2)14-29(43)38-10-9-19-16-39-23-7-6-20(40)13-21(19)23/h5-8,12-13,15-17,22,39-41,44H,9-11,14H2,1-4H3,(H,38,43). The second-order valence-corrected chi connectivity index (χ2v) is 12.5. The lowest BCUT2D eigenvalue weighted by Crippen LogP contribution is -2.53. The molecule has 0 saturated carbocycles. The molecule has 0 radical (unpaired) electrons. The highest BCUT2D eigenvalue weighted by molar-refractivity contribution is 6.35. The fourth-order valence-corrected chi connectivity index (χ4v) is 7.07. The van der Waals surface area contributed by atoms with Crippen LogP contribution < -0.4 is 24.3 Å². The molecule has 4 aromatic rings. The maximum absolute atomic E-state index is 14.3. The van der Waals surface area contributed by atoms with Gasteiger partial charge >= 0.3 is 0 Å². The van der Waals surface area contributed by atoms with Crippen LogP contribution in [0.3, 0.4) is 0 Å². The van der Waals surface area contributed by atoms with Crippen molar-refractivity contribution in [3.8, 4) is 34.5 Å². The van der Waals surface area contributed by atoms with Gasteiger partial charge in [-0.2, -0.15) is 0 Å². The smallest absolute Gasteiger partial charge is 0.231 e. The van der Waals surface area contributed by atoms with E-state index in [1.807, 2.05) is 0 Å². The van der Waals surface area contributed by atoms with Crippen molar-refractivity contribution in [2.45, 2.75) is 37.7 Å². The van der Waals surface area contributed by atoms with Gasteiger partial charge in [0.25, 0.3) is 0 Å². The largest absolute Gasteiger partial charge is 0.508 e. The molecule has 0 bridgehead atoms. The summed E-state index contributed by atoms with van der Waals surface area (Å²) in [5.74, 6) is -3.87. The Morgan fingerprint density at radius 1 is 1.04 bits per heavy atom. The van der Waals surface area contributed by atoms with Crippen molar-refractivity contribution in [1.29, 1.82) is 0 Å². The average molecular weight is 691 g/mol. The summed E-state index contributed by atoms with van der Waals surface area (Å²) in [4.78, 5) is 44.9. The van der Waals surface area contributed by atoms with Crippen molar-refractivity contribution in [3.63, 3.8) is 0 Å². The number of hydrogen-bond donors (Lipinski definition) is 5. The number of aromatic nitrogens is 1. The van der Waals surface area contributed by atoms with Crippen LogP contribution in [0, 0.1) is 5.92 Å². The molecule has 3 atom stereocenters. The van der Waals surface area contributed by atoms with E-state index in [0.29, 0.717) is 12.0 Å². The zero-order valence-corrected chi connectivity index (χ0v) is 27.9. The molecule has 1 aliphatic heterocycles. The SMILES string of the molecule is COc1cc(C(CC(=O)NCCc2c[nH]c3ccc(O)cc23)C2=C(O)C3(Oc4c(Cl)c(OC)cc(OC)c4C3=O)C(C)CC2=O)ccc1O. The first-order valence-electron chi connectivity index (χ1n) is 15.5. The van der Waals surface area contributed by atoms with Gasteiger partial charge in [-0.25, -0.2) is 0 Å². The van der Waals surface area contributed by atoms with Gasteiger partial charge in [0.15, 0.2) is 28.8 Å². The molecule has 6 rings (SSSR count). The van der Waals surface area contributed by atoms with Gasteiger partial charge in [0, 0.05) is 60.0 Å². The van der Waals surface area contributed by atoms with Crippen molar-refractivity contribution in [2.75, 3.05) is 27.9 Å². The predicted octanol–water partition coefficient (Wildman–Crippen LogP) is 5.53. The number of phenolic OH excluding ortho intramolecular Hbond substituents is 2. The number of aliphatic hydroxyl groups is 1. The Morgan fingerprint density at radius 2 is 1.78 bits per heavy atom. The molecule has 1 amide bonds. The number of hydrogen-bond acceptors (Lipinski definition) is 10. The van der Waals surface area contributed by atoms with Gasteiger partial charge < -0.3 is 44.6 Å². The van der Waals surface area contributed by atoms with Crippen LogP contribution in [0.1, 0.15) is 47.2 Å². The molecule has 2 heterocycles. The Bertz CT molecular complexity index is 2040. The van der Waals surface area contributed by atoms with Crippen molar-refractivity contribution >= 4 is 40.0 Å². The molecule has 0 fully saturated rings. The normalized spacial score (nSPS) is 19.2. The van der Waals surface area contributed by atoms with Crippen LogP contribution in [0.25, 0.3) is 10.9 Å². The number of aromatic amines is 1. The summed E-state index contributed by atoms with van der Waals surface area (Å²) >= 11 is 6.59. The van der Waals surface area contributed by atoms with E-state index >= 15 is 0 Å². The van der Waals surface area contributed by atoms with Gasteiger partial charge in [-0.05, 0) is 47.9 Å². The van der Waals surface area contributed by atoms with Gasteiger partial charge in [-0.1, -0.05) is 24.6 Å². The highest BCUT2D eigenvalue weighted by atomic mass is 35.5. The van der Waals surface area contributed by atoms with Gasteiger partial charge in [0.2, 0.25) is 17.3 Å². The molecule has 13 heteroatoms. The molecular weight excluding hydrogens is 656 g/mol. The summed E-state index contributed by atoms with van der Waals surface area (Å²) in [5.41, 5.74) is -0.150. The van der Waals surface area contributed by atoms with E-state index in [9.17, 15) is 29.7 Å². The van der Waals surface area contributed by atoms with Crippen LogP contribution in [0.15, 0.2) is 60.0 Å². The summed E-state index contributed by atoms with van der Waals surface area (Å²) in [6.07, 6.45) is 1.74. The van der Waals surface area contributed by atoms with Crippen molar-refractivity contribution in [3.05, 3.63) is 81.7 Å². The average Bonchev–Trinajstić information content (AvgIpc) is 3.63. The number of amides is 1. The zero-order chi connectivity index (χ0) is 35.2. The topological polar surface area (TPSA) is 177 Å². The Kier molecular flexibility index (Phi) is 8.84. The number of rotatable bonds is 10. The quantitative estimate of drug-likeness (QED) is 0.142. The number of carbonyl (C=O) groups is 3. The van der Waals surface area contributed by atoms with E-state index in [4.69, 9.17) is 30.5 Å². The number of ketones is 2. The first kappa shape index (κ1) is 33.5. The Hall–Kier alpha value is -5.36. The molecule has 5 N–H and O–H groups in total. The van der Waals surface area contributed by atoms with Gasteiger partial charge in [0.1, 0.15) is 27.8 Å². The number of aliphatic hydroxyl groups excluding tert-OH is 1. The minimum atomic E-state index is -2.05. The molecule has 1 aromatic heterocycles. The predicted molar refractivity (Wildman–Crippen MR) is 179 cm³/mol. The Morgan fingerprint density at radius 3 is 2.49 bits per heavy atom. The third-order valence-corrected chi connectivity index (χ3v) is 9.68. The highest BCUT2D eigenvalue weighted by Gasteiger charge is 2.61. The molecule has 3 unspecified atom stereocenters. The third kappa shape index (κ3) is 5.55.